The summed E-state index contributed by atoms with van der Waals surface area (Å²) < 4.78 is 6.91. The van der Waals surface area contributed by atoms with Crippen molar-refractivity contribution in [3.63, 3.8) is 0 Å². The second-order valence-electron chi connectivity index (χ2n) is 3.69. The summed E-state index contributed by atoms with van der Waals surface area (Å²) in [7, 11) is 1.92. The molecule has 2 rings (SSSR count). The average Bonchev–Trinajstić information content (AvgIpc) is 2.91. The van der Waals surface area contributed by atoms with Crippen molar-refractivity contribution in [3.05, 3.63) is 41.6 Å². The molecule has 2 heterocycles. The molecule has 16 heavy (non-hydrogen) atoms. The third-order valence-electron chi connectivity index (χ3n) is 2.67. The maximum Gasteiger partial charge on any atom is 0.0954 e. The van der Waals surface area contributed by atoms with Crippen LogP contribution in [0, 0.1) is 0 Å². The zero-order valence-corrected chi connectivity index (χ0v) is 9.47. The van der Waals surface area contributed by atoms with Crippen LogP contribution in [0.1, 0.15) is 29.9 Å². The van der Waals surface area contributed by atoms with E-state index < -0.39 is 0 Å². The first-order valence-corrected chi connectivity index (χ1v) is 5.27. The van der Waals surface area contributed by atoms with Crippen LogP contribution in [0.3, 0.4) is 0 Å². The van der Waals surface area contributed by atoms with Crippen LogP contribution in [0.15, 0.2) is 29.1 Å². The summed E-state index contributed by atoms with van der Waals surface area (Å²) in [5.41, 5.74) is 5.86. The van der Waals surface area contributed by atoms with E-state index in [1.807, 2.05) is 17.8 Å². The molecule has 2 aromatic rings. The fourth-order valence-corrected chi connectivity index (χ4v) is 1.78. The van der Waals surface area contributed by atoms with Crippen LogP contribution in [0.4, 0.5) is 0 Å². The number of aryl methyl sites for hydroxylation is 2. The number of aromatic nitrogens is 2. The maximum atomic E-state index is 5.58. The molecule has 1 atom stereocenters. The molecular formula is C11H16N4O. The lowest BCUT2D eigenvalue weighted by Crippen LogP contribution is -2.30. The molecule has 1 unspecified atom stereocenters. The van der Waals surface area contributed by atoms with Gasteiger partial charge in [0.2, 0.25) is 0 Å². The monoisotopic (exact) mass is 220 g/mol. The maximum absolute atomic E-state index is 5.58. The second kappa shape index (κ2) is 4.51. The molecule has 0 fully saturated rings. The van der Waals surface area contributed by atoms with Gasteiger partial charge in [0.05, 0.1) is 30.0 Å². The zero-order chi connectivity index (χ0) is 11.5. The standard InChI is InChI=1S/C11H16N4O/c1-3-9-6-10(15(2)14-9)11(13-12)8-4-5-16-7-8/h4-7,11,13H,3,12H2,1-2H3. The summed E-state index contributed by atoms with van der Waals surface area (Å²) in [4.78, 5) is 0. The molecule has 0 radical (unpaired) electrons. The minimum atomic E-state index is -0.0865. The number of nitrogens with one attached hydrogen (secondary N) is 1. The van der Waals surface area contributed by atoms with Gasteiger partial charge in [0.1, 0.15) is 0 Å². The van der Waals surface area contributed by atoms with E-state index in [0.717, 1.165) is 23.4 Å². The second-order valence-corrected chi connectivity index (χ2v) is 3.69. The minimum Gasteiger partial charge on any atom is -0.472 e. The van der Waals surface area contributed by atoms with Crippen molar-refractivity contribution in [2.45, 2.75) is 19.4 Å². The molecule has 0 aliphatic carbocycles. The van der Waals surface area contributed by atoms with E-state index in [4.69, 9.17) is 10.3 Å². The van der Waals surface area contributed by atoms with Crippen LogP contribution in [-0.2, 0) is 13.5 Å². The number of rotatable bonds is 4. The fourth-order valence-electron chi connectivity index (χ4n) is 1.78. The third kappa shape index (κ3) is 1.87. The van der Waals surface area contributed by atoms with Gasteiger partial charge in [-0.2, -0.15) is 5.10 Å². The molecule has 2 aromatic heterocycles. The van der Waals surface area contributed by atoms with Gasteiger partial charge in [-0.3, -0.25) is 10.5 Å². The Morgan fingerprint density at radius 3 is 2.94 bits per heavy atom. The van der Waals surface area contributed by atoms with Crippen LogP contribution in [0.2, 0.25) is 0 Å². The summed E-state index contributed by atoms with van der Waals surface area (Å²) in [5, 5.41) is 4.40. The van der Waals surface area contributed by atoms with E-state index >= 15 is 0 Å². The molecule has 0 aliphatic heterocycles. The molecule has 0 aliphatic rings. The lowest BCUT2D eigenvalue weighted by molar-refractivity contribution is 0.540. The number of hydrogen-bond donors (Lipinski definition) is 2. The molecule has 0 aromatic carbocycles. The van der Waals surface area contributed by atoms with Crippen LogP contribution >= 0.6 is 0 Å². The van der Waals surface area contributed by atoms with Gasteiger partial charge in [-0.05, 0) is 18.6 Å². The van der Waals surface area contributed by atoms with Crippen LogP contribution in [0.25, 0.3) is 0 Å². The molecule has 3 N–H and O–H groups in total. The Labute approximate surface area is 94.2 Å². The predicted molar refractivity (Wildman–Crippen MR) is 60.5 cm³/mol. The summed E-state index contributed by atoms with van der Waals surface area (Å²) in [6, 6.07) is 3.86. The Kier molecular flexibility index (Phi) is 3.07. The summed E-state index contributed by atoms with van der Waals surface area (Å²) in [5.74, 6) is 5.58. The van der Waals surface area contributed by atoms with Gasteiger partial charge in [-0.1, -0.05) is 6.92 Å². The van der Waals surface area contributed by atoms with Gasteiger partial charge < -0.3 is 4.42 Å². The van der Waals surface area contributed by atoms with E-state index in [-0.39, 0.29) is 6.04 Å². The first-order chi connectivity index (χ1) is 7.76. The van der Waals surface area contributed by atoms with Crippen molar-refractivity contribution in [1.29, 1.82) is 0 Å². The highest BCUT2D eigenvalue weighted by Gasteiger charge is 2.18. The Morgan fingerprint density at radius 2 is 2.44 bits per heavy atom. The molecule has 86 valence electrons. The number of nitrogens with zero attached hydrogens (tertiary/aromatic N) is 2. The fraction of sp³-hybridized carbons (Fsp3) is 0.364. The number of furan rings is 1. The first kappa shape index (κ1) is 10.9. The molecule has 5 heteroatoms. The number of hydrogen-bond acceptors (Lipinski definition) is 4. The van der Waals surface area contributed by atoms with Crippen molar-refractivity contribution < 1.29 is 4.42 Å². The smallest absolute Gasteiger partial charge is 0.0954 e. The molecule has 0 bridgehead atoms. The van der Waals surface area contributed by atoms with Gasteiger partial charge in [-0.15, -0.1) is 0 Å². The Morgan fingerprint density at radius 1 is 1.62 bits per heavy atom. The number of nitrogens with two attached hydrogens (primary N) is 1. The van der Waals surface area contributed by atoms with Crippen molar-refractivity contribution in [2.24, 2.45) is 12.9 Å². The van der Waals surface area contributed by atoms with E-state index in [1.54, 1.807) is 12.5 Å². The highest BCUT2D eigenvalue weighted by Crippen LogP contribution is 2.22. The van der Waals surface area contributed by atoms with E-state index in [1.165, 1.54) is 0 Å². The van der Waals surface area contributed by atoms with E-state index in [9.17, 15) is 0 Å². The minimum absolute atomic E-state index is 0.0865. The van der Waals surface area contributed by atoms with Crippen LogP contribution < -0.4 is 11.3 Å². The summed E-state index contributed by atoms with van der Waals surface area (Å²) in [6.07, 6.45) is 4.23. The zero-order valence-electron chi connectivity index (χ0n) is 9.47. The van der Waals surface area contributed by atoms with Crippen molar-refractivity contribution in [3.8, 4) is 0 Å². The van der Waals surface area contributed by atoms with Crippen LogP contribution in [0.5, 0.6) is 0 Å². The summed E-state index contributed by atoms with van der Waals surface area (Å²) in [6.45, 7) is 2.08. The Hall–Kier alpha value is -1.59. The Balaban J connectivity index is 2.37. The first-order valence-electron chi connectivity index (χ1n) is 5.27. The normalized spacial score (nSPS) is 12.9. The van der Waals surface area contributed by atoms with Crippen molar-refractivity contribution in [1.82, 2.24) is 15.2 Å². The van der Waals surface area contributed by atoms with E-state index in [2.05, 4.69) is 23.5 Å². The quantitative estimate of drug-likeness (QED) is 0.598. The molecule has 0 saturated carbocycles. The van der Waals surface area contributed by atoms with Gasteiger partial charge in [-0.25, -0.2) is 5.43 Å². The lowest BCUT2D eigenvalue weighted by atomic mass is 10.1. The molecule has 0 spiro atoms. The van der Waals surface area contributed by atoms with Crippen molar-refractivity contribution in [2.75, 3.05) is 0 Å². The lowest BCUT2D eigenvalue weighted by Gasteiger charge is -2.13. The van der Waals surface area contributed by atoms with Crippen molar-refractivity contribution >= 4 is 0 Å². The molecule has 0 amide bonds. The Bertz CT molecular complexity index is 447. The van der Waals surface area contributed by atoms with E-state index in [0.29, 0.717) is 0 Å². The topological polar surface area (TPSA) is 69.0 Å². The summed E-state index contributed by atoms with van der Waals surface area (Å²) >= 11 is 0. The average molecular weight is 220 g/mol. The SMILES string of the molecule is CCc1cc(C(NN)c2ccoc2)n(C)n1. The highest BCUT2D eigenvalue weighted by molar-refractivity contribution is 5.25. The van der Waals surface area contributed by atoms with Gasteiger partial charge in [0, 0.05) is 12.6 Å². The number of hydrazine groups is 1. The molecule has 5 nitrogen and oxygen atoms in total. The predicted octanol–water partition coefficient (Wildman–Crippen LogP) is 1.13. The third-order valence-corrected chi connectivity index (χ3v) is 2.67. The molecular weight excluding hydrogens is 204 g/mol. The largest absolute Gasteiger partial charge is 0.472 e. The van der Waals surface area contributed by atoms with Gasteiger partial charge in [0.25, 0.3) is 0 Å². The van der Waals surface area contributed by atoms with Gasteiger partial charge in [0.15, 0.2) is 0 Å². The highest BCUT2D eigenvalue weighted by atomic mass is 16.3. The van der Waals surface area contributed by atoms with Crippen LogP contribution in [-0.4, -0.2) is 9.78 Å². The van der Waals surface area contributed by atoms with Gasteiger partial charge >= 0.3 is 0 Å². The molecule has 0 saturated heterocycles.